The van der Waals surface area contributed by atoms with E-state index in [2.05, 4.69) is 5.32 Å². The van der Waals surface area contributed by atoms with E-state index in [1.807, 2.05) is 36.1 Å². The number of benzene rings is 1. The molecule has 1 fully saturated rings. The number of nitrogens with zero attached hydrogens (tertiary/aromatic N) is 1. The van der Waals surface area contributed by atoms with Crippen molar-refractivity contribution >= 4 is 11.8 Å². The van der Waals surface area contributed by atoms with Crippen molar-refractivity contribution in [3.8, 4) is 5.75 Å². The van der Waals surface area contributed by atoms with Gasteiger partial charge in [-0.2, -0.15) is 0 Å². The van der Waals surface area contributed by atoms with Gasteiger partial charge in [-0.15, -0.1) is 0 Å². The molecule has 1 aromatic rings. The molecule has 3 N–H and O–H groups in total. The molecule has 0 radical (unpaired) electrons. The molecule has 138 valence electrons. The monoisotopic (exact) mass is 347 g/mol. The topological polar surface area (TPSA) is 84.7 Å². The first-order chi connectivity index (χ1) is 11.9. The second-order valence-corrected chi connectivity index (χ2v) is 6.83. The van der Waals surface area contributed by atoms with Gasteiger partial charge in [0.2, 0.25) is 11.8 Å². The highest BCUT2D eigenvalue weighted by atomic mass is 16.5. The van der Waals surface area contributed by atoms with E-state index in [-0.39, 0.29) is 30.3 Å². The van der Waals surface area contributed by atoms with Crippen LogP contribution in [0.25, 0.3) is 0 Å². The molecule has 1 aliphatic rings. The summed E-state index contributed by atoms with van der Waals surface area (Å²) in [6, 6.07) is 7.18. The third kappa shape index (κ3) is 5.46. The SMILES string of the molecule is COc1ccc([C@H](CC(=O)N2CCC[C@@H]([C@@H](C)N)C2)NC(C)=O)cc1. The van der Waals surface area contributed by atoms with Gasteiger partial charge in [0.25, 0.3) is 0 Å². The van der Waals surface area contributed by atoms with Crippen molar-refractivity contribution in [1.82, 2.24) is 10.2 Å². The lowest BCUT2D eigenvalue weighted by Crippen LogP contribution is -2.46. The van der Waals surface area contributed by atoms with Gasteiger partial charge in [0, 0.05) is 26.1 Å². The van der Waals surface area contributed by atoms with Crippen LogP contribution in [0.4, 0.5) is 0 Å². The molecule has 0 aliphatic carbocycles. The zero-order chi connectivity index (χ0) is 18.4. The Hall–Kier alpha value is -2.08. The first kappa shape index (κ1) is 19.2. The van der Waals surface area contributed by atoms with E-state index >= 15 is 0 Å². The second-order valence-electron chi connectivity index (χ2n) is 6.83. The van der Waals surface area contributed by atoms with Crippen molar-refractivity contribution in [2.45, 2.75) is 45.2 Å². The summed E-state index contributed by atoms with van der Waals surface area (Å²) in [6.07, 6.45) is 2.29. The number of rotatable bonds is 6. The van der Waals surface area contributed by atoms with Crippen LogP contribution in [0.1, 0.15) is 44.7 Å². The van der Waals surface area contributed by atoms with Gasteiger partial charge in [-0.05, 0) is 43.4 Å². The van der Waals surface area contributed by atoms with Crippen molar-refractivity contribution < 1.29 is 14.3 Å². The van der Waals surface area contributed by atoms with E-state index in [0.717, 1.165) is 30.7 Å². The molecule has 0 bridgehead atoms. The summed E-state index contributed by atoms with van der Waals surface area (Å²) in [4.78, 5) is 26.2. The predicted molar refractivity (Wildman–Crippen MR) is 97.1 cm³/mol. The van der Waals surface area contributed by atoms with Crippen LogP contribution in [0.3, 0.4) is 0 Å². The molecule has 2 amide bonds. The molecule has 3 atom stereocenters. The predicted octanol–water partition coefficient (Wildman–Crippen LogP) is 1.85. The molecule has 0 spiro atoms. The van der Waals surface area contributed by atoms with Crippen LogP contribution < -0.4 is 15.8 Å². The van der Waals surface area contributed by atoms with Gasteiger partial charge in [-0.3, -0.25) is 9.59 Å². The molecule has 1 aliphatic heterocycles. The average Bonchev–Trinajstić information content (AvgIpc) is 2.61. The Morgan fingerprint density at radius 1 is 1.36 bits per heavy atom. The Morgan fingerprint density at radius 2 is 2.04 bits per heavy atom. The van der Waals surface area contributed by atoms with E-state index in [9.17, 15) is 9.59 Å². The van der Waals surface area contributed by atoms with Crippen molar-refractivity contribution in [3.63, 3.8) is 0 Å². The molecule has 0 saturated carbocycles. The number of hydrogen-bond acceptors (Lipinski definition) is 4. The Balaban J connectivity index is 2.07. The molecule has 0 unspecified atom stereocenters. The normalized spacial score (nSPS) is 19.8. The smallest absolute Gasteiger partial charge is 0.224 e. The molecular formula is C19H29N3O3. The van der Waals surface area contributed by atoms with E-state index in [0.29, 0.717) is 12.5 Å². The molecule has 25 heavy (non-hydrogen) atoms. The minimum atomic E-state index is -0.341. The van der Waals surface area contributed by atoms with E-state index < -0.39 is 0 Å². The lowest BCUT2D eigenvalue weighted by Gasteiger charge is -2.35. The maximum atomic E-state index is 12.8. The Bertz CT molecular complexity index is 586. The van der Waals surface area contributed by atoms with E-state index in [4.69, 9.17) is 10.5 Å². The quantitative estimate of drug-likeness (QED) is 0.822. The van der Waals surface area contributed by atoms with Crippen LogP contribution in [-0.4, -0.2) is 43.0 Å². The third-order valence-corrected chi connectivity index (χ3v) is 4.83. The summed E-state index contributed by atoms with van der Waals surface area (Å²) in [5, 5.41) is 2.89. The van der Waals surface area contributed by atoms with Gasteiger partial charge in [0.1, 0.15) is 5.75 Å². The summed E-state index contributed by atoms with van der Waals surface area (Å²) in [6.45, 7) is 4.92. The maximum Gasteiger partial charge on any atom is 0.224 e. The molecular weight excluding hydrogens is 318 g/mol. The van der Waals surface area contributed by atoms with Crippen LogP contribution in [0, 0.1) is 5.92 Å². The number of amides is 2. The summed E-state index contributed by atoms with van der Waals surface area (Å²) in [7, 11) is 1.61. The number of nitrogens with two attached hydrogens (primary N) is 1. The number of methoxy groups -OCH3 is 1. The van der Waals surface area contributed by atoms with Crippen molar-refractivity contribution in [2.24, 2.45) is 11.7 Å². The first-order valence-electron chi connectivity index (χ1n) is 8.85. The van der Waals surface area contributed by atoms with Gasteiger partial charge in [0.15, 0.2) is 0 Å². The fraction of sp³-hybridized carbons (Fsp3) is 0.579. The lowest BCUT2D eigenvalue weighted by atomic mass is 9.91. The first-order valence-corrected chi connectivity index (χ1v) is 8.85. The van der Waals surface area contributed by atoms with Crippen LogP contribution in [0.2, 0.25) is 0 Å². The van der Waals surface area contributed by atoms with Crippen LogP contribution in [0.15, 0.2) is 24.3 Å². The maximum absolute atomic E-state index is 12.8. The molecule has 0 aromatic heterocycles. The Labute approximate surface area is 149 Å². The highest BCUT2D eigenvalue weighted by Gasteiger charge is 2.27. The fourth-order valence-corrected chi connectivity index (χ4v) is 3.30. The second kappa shape index (κ2) is 8.85. The van der Waals surface area contributed by atoms with Crippen LogP contribution in [-0.2, 0) is 9.59 Å². The molecule has 1 aromatic carbocycles. The standard InChI is InChI=1S/C19H29N3O3/c1-13(20)16-5-4-10-22(12-16)19(24)11-18(21-14(2)23)15-6-8-17(25-3)9-7-15/h6-9,13,16,18H,4-5,10-12,20H2,1-3H3,(H,21,23)/t13-,16-,18+/m1/s1. The molecule has 6 nitrogen and oxygen atoms in total. The molecule has 2 rings (SSSR count). The molecule has 1 heterocycles. The third-order valence-electron chi connectivity index (χ3n) is 4.83. The largest absolute Gasteiger partial charge is 0.497 e. The number of hydrogen-bond donors (Lipinski definition) is 2. The van der Waals surface area contributed by atoms with Gasteiger partial charge >= 0.3 is 0 Å². The van der Waals surface area contributed by atoms with Crippen LogP contribution in [0.5, 0.6) is 5.75 Å². The van der Waals surface area contributed by atoms with Crippen LogP contribution >= 0.6 is 0 Å². The summed E-state index contributed by atoms with van der Waals surface area (Å²) in [5.41, 5.74) is 6.90. The van der Waals surface area contributed by atoms with E-state index in [1.165, 1.54) is 6.92 Å². The minimum absolute atomic E-state index is 0.0555. The van der Waals surface area contributed by atoms with Gasteiger partial charge in [-0.1, -0.05) is 12.1 Å². The highest BCUT2D eigenvalue weighted by molar-refractivity contribution is 5.79. The highest BCUT2D eigenvalue weighted by Crippen LogP contribution is 2.24. The number of likely N-dealkylation sites (tertiary alicyclic amines) is 1. The molecule has 6 heteroatoms. The zero-order valence-corrected chi connectivity index (χ0v) is 15.3. The summed E-state index contributed by atoms with van der Waals surface area (Å²) < 4.78 is 5.17. The number of ether oxygens (including phenoxy) is 1. The Kier molecular flexibility index (Phi) is 6.82. The summed E-state index contributed by atoms with van der Waals surface area (Å²) >= 11 is 0. The number of piperidine rings is 1. The zero-order valence-electron chi connectivity index (χ0n) is 15.3. The molecule has 1 saturated heterocycles. The number of carbonyl (C=O) groups is 2. The average molecular weight is 347 g/mol. The van der Waals surface area contributed by atoms with Crippen molar-refractivity contribution in [1.29, 1.82) is 0 Å². The van der Waals surface area contributed by atoms with Gasteiger partial charge in [-0.25, -0.2) is 0 Å². The Morgan fingerprint density at radius 3 is 2.60 bits per heavy atom. The number of carbonyl (C=O) groups excluding carboxylic acids is 2. The summed E-state index contributed by atoms with van der Waals surface area (Å²) in [5.74, 6) is 0.992. The van der Waals surface area contributed by atoms with Crippen molar-refractivity contribution in [2.75, 3.05) is 20.2 Å². The lowest BCUT2D eigenvalue weighted by molar-refractivity contribution is -0.134. The fourth-order valence-electron chi connectivity index (χ4n) is 3.30. The van der Waals surface area contributed by atoms with Gasteiger partial charge in [0.05, 0.1) is 19.6 Å². The van der Waals surface area contributed by atoms with E-state index in [1.54, 1.807) is 7.11 Å². The number of nitrogens with one attached hydrogen (secondary N) is 1. The van der Waals surface area contributed by atoms with Crippen molar-refractivity contribution in [3.05, 3.63) is 29.8 Å². The van der Waals surface area contributed by atoms with Gasteiger partial charge < -0.3 is 20.7 Å². The minimum Gasteiger partial charge on any atom is -0.497 e.